The molecule has 0 saturated heterocycles. The van der Waals surface area contributed by atoms with Gasteiger partial charge < -0.3 is 4.74 Å². The molecule has 0 heterocycles. The molecule has 0 aliphatic carbocycles. The number of nitrogens with zero attached hydrogens (tertiary/aromatic N) is 1. The van der Waals surface area contributed by atoms with Crippen molar-refractivity contribution in [2.24, 2.45) is 0 Å². The molecule has 0 spiro atoms. The molecule has 0 unspecified atom stereocenters. The summed E-state index contributed by atoms with van der Waals surface area (Å²) in [6.45, 7) is 3.72. The number of rotatable bonds is 4. The molecule has 28 heavy (non-hydrogen) atoms. The third-order valence-electron chi connectivity index (χ3n) is 3.74. The van der Waals surface area contributed by atoms with Crippen molar-refractivity contribution in [1.29, 1.82) is 0 Å². The van der Waals surface area contributed by atoms with Gasteiger partial charge in [-0.2, -0.15) is 0 Å². The molecule has 141 valence electrons. The second kappa shape index (κ2) is 9.78. The van der Waals surface area contributed by atoms with Crippen LogP contribution in [0.5, 0.6) is 0 Å². The van der Waals surface area contributed by atoms with Gasteiger partial charge in [0.05, 0.1) is 17.6 Å². The summed E-state index contributed by atoms with van der Waals surface area (Å²) in [5.41, 5.74) is 1.12. The maximum atomic E-state index is 12.4. The van der Waals surface area contributed by atoms with E-state index in [-0.39, 0.29) is 16.8 Å². The molecule has 6 heteroatoms. The number of hydrogen-bond donors (Lipinski definition) is 0. The summed E-state index contributed by atoms with van der Waals surface area (Å²) in [4.78, 5) is 34.3. The summed E-state index contributed by atoms with van der Waals surface area (Å²) in [7, 11) is 1.15. The van der Waals surface area contributed by atoms with Crippen LogP contribution < -0.4 is 0 Å². The molecule has 3 aromatic carbocycles. The van der Waals surface area contributed by atoms with Gasteiger partial charge in [0.2, 0.25) is 0 Å². The molecule has 3 rings (SSSR count). The Kier molecular flexibility index (Phi) is 7.16. The minimum absolute atomic E-state index is 0.0682. The lowest BCUT2D eigenvalue weighted by Crippen LogP contribution is -2.12. The topological polar surface area (TPSA) is 86.5 Å². The van der Waals surface area contributed by atoms with Crippen LogP contribution in [0.1, 0.15) is 31.8 Å². The largest absolute Gasteiger partial charge is 0.465 e. The number of ketones is 1. The van der Waals surface area contributed by atoms with Crippen LogP contribution in [0.3, 0.4) is 0 Å². The van der Waals surface area contributed by atoms with Gasteiger partial charge in [-0.1, -0.05) is 60.7 Å². The van der Waals surface area contributed by atoms with Crippen molar-refractivity contribution in [1.82, 2.24) is 0 Å². The van der Waals surface area contributed by atoms with Crippen molar-refractivity contribution >= 4 is 17.4 Å². The van der Waals surface area contributed by atoms with Crippen molar-refractivity contribution in [3.8, 4) is 0 Å². The molecule has 0 fully saturated rings. The first kappa shape index (κ1) is 20.5. The molecule has 3 aromatic rings. The highest BCUT2D eigenvalue weighted by Gasteiger charge is 2.22. The number of carbonyl (C=O) groups is 2. The van der Waals surface area contributed by atoms with E-state index in [4.69, 9.17) is 0 Å². The molecule has 0 aliphatic heterocycles. The summed E-state index contributed by atoms with van der Waals surface area (Å²) in [5.74, 6) is -1.19. The molecule has 1 radical (unpaired) electrons. The monoisotopic (exact) mass is 376 g/mol. The van der Waals surface area contributed by atoms with Gasteiger partial charge in [-0.3, -0.25) is 14.9 Å². The third-order valence-corrected chi connectivity index (χ3v) is 3.74. The van der Waals surface area contributed by atoms with Crippen molar-refractivity contribution in [2.75, 3.05) is 7.11 Å². The molecule has 0 aliphatic rings. The van der Waals surface area contributed by atoms with E-state index in [0.717, 1.165) is 18.7 Å². The van der Waals surface area contributed by atoms with Crippen molar-refractivity contribution in [3.63, 3.8) is 0 Å². The van der Waals surface area contributed by atoms with E-state index in [1.807, 2.05) is 30.3 Å². The van der Waals surface area contributed by atoms with E-state index in [0.29, 0.717) is 5.56 Å². The molecule has 0 aromatic heterocycles. The molecule has 0 amide bonds. The van der Waals surface area contributed by atoms with Crippen molar-refractivity contribution in [3.05, 3.63) is 118 Å². The Morgan fingerprint density at radius 3 is 1.93 bits per heavy atom. The predicted molar refractivity (Wildman–Crippen MR) is 105 cm³/mol. The zero-order valence-corrected chi connectivity index (χ0v) is 15.2. The number of hydrogen-bond acceptors (Lipinski definition) is 5. The first-order valence-electron chi connectivity index (χ1n) is 8.27. The molecular weight excluding hydrogens is 358 g/mol. The lowest BCUT2D eigenvalue weighted by molar-refractivity contribution is -0.384. The molecule has 0 saturated carbocycles. The smallest absolute Gasteiger partial charge is 0.338 e. The highest BCUT2D eigenvalue weighted by Crippen LogP contribution is 2.21. The Balaban J connectivity index is 0.000000336. The summed E-state index contributed by atoms with van der Waals surface area (Å²) >= 11 is 0. The van der Waals surface area contributed by atoms with E-state index in [9.17, 15) is 19.7 Å². The SMILES string of the molecule is COC(=O)c1cc([N+](=O)[O-])ccc1C(=O)c1ccccc1.[CH2]c1ccccc1. The quantitative estimate of drug-likeness (QED) is 0.290. The van der Waals surface area contributed by atoms with Gasteiger partial charge >= 0.3 is 5.97 Å². The van der Waals surface area contributed by atoms with Crippen molar-refractivity contribution < 1.29 is 19.2 Å². The summed E-state index contributed by atoms with van der Waals surface area (Å²) < 4.78 is 4.58. The molecule has 6 nitrogen and oxygen atoms in total. The number of benzene rings is 3. The minimum Gasteiger partial charge on any atom is -0.465 e. The van der Waals surface area contributed by atoms with Crippen LogP contribution >= 0.6 is 0 Å². The Morgan fingerprint density at radius 1 is 0.893 bits per heavy atom. The average molecular weight is 376 g/mol. The summed E-state index contributed by atoms with van der Waals surface area (Å²) in [6, 6.07) is 21.7. The predicted octanol–water partition coefficient (Wildman–Crippen LogP) is 4.48. The Hall–Kier alpha value is -3.80. The van der Waals surface area contributed by atoms with Crippen LogP contribution in [0.15, 0.2) is 78.9 Å². The summed E-state index contributed by atoms with van der Waals surface area (Å²) in [6.07, 6.45) is 0. The van der Waals surface area contributed by atoms with Gasteiger partial charge in [-0.15, -0.1) is 0 Å². The maximum Gasteiger partial charge on any atom is 0.338 e. The highest BCUT2D eigenvalue weighted by atomic mass is 16.6. The fraction of sp³-hybridized carbons (Fsp3) is 0.0455. The average Bonchev–Trinajstić information content (AvgIpc) is 2.73. The lowest BCUT2D eigenvalue weighted by Gasteiger charge is -2.07. The zero-order valence-electron chi connectivity index (χ0n) is 15.2. The lowest BCUT2D eigenvalue weighted by atomic mass is 9.98. The van der Waals surface area contributed by atoms with Crippen molar-refractivity contribution in [2.45, 2.75) is 0 Å². The third kappa shape index (κ3) is 5.35. The van der Waals surface area contributed by atoms with Gasteiger partial charge in [0, 0.05) is 23.3 Å². The summed E-state index contributed by atoms with van der Waals surface area (Å²) in [5, 5.41) is 10.8. The molecular formula is C22H18NO5. The number of esters is 1. The number of methoxy groups -OCH3 is 1. The molecule has 0 atom stereocenters. The van der Waals surface area contributed by atoms with E-state index >= 15 is 0 Å². The van der Waals surface area contributed by atoms with E-state index < -0.39 is 16.7 Å². The van der Waals surface area contributed by atoms with Crippen LogP contribution in [0.2, 0.25) is 0 Å². The van der Waals surface area contributed by atoms with Gasteiger partial charge in [0.1, 0.15) is 0 Å². The Labute approximate surface area is 162 Å². The van der Waals surface area contributed by atoms with Crippen LogP contribution in [0.25, 0.3) is 0 Å². The normalized spacial score (nSPS) is 9.64. The van der Waals surface area contributed by atoms with Crippen LogP contribution in [-0.4, -0.2) is 23.8 Å². The number of ether oxygens (including phenoxy) is 1. The van der Waals surface area contributed by atoms with Gasteiger partial charge in [0.15, 0.2) is 5.78 Å². The van der Waals surface area contributed by atoms with Gasteiger partial charge in [-0.25, -0.2) is 4.79 Å². The number of non-ortho nitro benzene ring substituents is 1. The Morgan fingerprint density at radius 2 is 1.46 bits per heavy atom. The van der Waals surface area contributed by atoms with Crippen LogP contribution in [-0.2, 0) is 4.74 Å². The number of carbonyl (C=O) groups excluding carboxylic acids is 2. The first-order valence-corrected chi connectivity index (χ1v) is 8.27. The van der Waals surface area contributed by atoms with E-state index in [2.05, 4.69) is 11.7 Å². The fourth-order valence-corrected chi connectivity index (χ4v) is 2.35. The van der Waals surface area contributed by atoms with Crippen LogP contribution in [0.4, 0.5) is 5.69 Å². The van der Waals surface area contributed by atoms with Gasteiger partial charge in [-0.05, 0) is 18.6 Å². The fourth-order valence-electron chi connectivity index (χ4n) is 2.35. The van der Waals surface area contributed by atoms with E-state index in [1.165, 1.54) is 12.1 Å². The van der Waals surface area contributed by atoms with E-state index in [1.54, 1.807) is 30.3 Å². The molecule has 0 bridgehead atoms. The molecule has 0 N–H and O–H groups in total. The maximum absolute atomic E-state index is 12.4. The number of nitro groups is 1. The highest BCUT2D eigenvalue weighted by molar-refractivity contribution is 6.14. The minimum atomic E-state index is -0.794. The second-order valence-corrected chi connectivity index (χ2v) is 5.66. The number of nitro benzene ring substituents is 1. The van der Waals surface area contributed by atoms with Crippen LogP contribution in [0, 0.1) is 17.0 Å². The Bertz CT molecular complexity index is 969. The van der Waals surface area contributed by atoms with Gasteiger partial charge in [0.25, 0.3) is 5.69 Å². The first-order chi connectivity index (χ1) is 13.4. The second-order valence-electron chi connectivity index (χ2n) is 5.66. The standard InChI is InChI=1S/C15H11NO5.C7H7/c1-21-15(18)13-9-11(16(19)20)7-8-12(13)14(17)10-5-3-2-4-6-10;1-7-5-3-2-4-6-7/h2-9H,1H3;2-6H,1H2. The zero-order chi connectivity index (χ0) is 20.5.